The predicted molar refractivity (Wildman–Crippen MR) is 84.8 cm³/mol. The highest BCUT2D eigenvalue weighted by atomic mass is 35.5. The molecule has 0 N–H and O–H groups in total. The van der Waals surface area contributed by atoms with Gasteiger partial charge in [0.2, 0.25) is 17.2 Å². The molecule has 20 heavy (non-hydrogen) atoms. The van der Waals surface area contributed by atoms with Crippen molar-refractivity contribution in [3.63, 3.8) is 0 Å². The van der Waals surface area contributed by atoms with Crippen molar-refractivity contribution < 1.29 is 0 Å². The summed E-state index contributed by atoms with van der Waals surface area (Å²) in [5, 5.41) is 2.29. The summed E-state index contributed by atoms with van der Waals surface area (Å²) in [6.45, 7) is 6.57. The Morgan fingerprint density at radius 2 is 1.85 bits per heavy atom. The fourth-order valence-electron chi connectivity index (χ4n) is 1.86. The Morgan fingerprint density at radius 1 is 1.15 bits per heavy atom. The molecule has 0 unspecified atom stereocenters. The zero-order chi connectivity index (χ0) is 14.5. The largest absolute Gasteiger partial charge is 0.341 e. The molecule has 0 aliphatic carbocycles. The van der Waals surface area contributed by atoms with Crippen molar-refractivity contribution in [3.8, 4) is 0 Å². The minimum atomic E-state index is 0.231. The number of thiophene rings is 1. The molecule has 108 valence electrons. The second-order valence-electron chi connectivity index (χ2n) is 4.31. The molecule has 0 radical (unpaired) electrons. The molecule has 2 rings (SSSR count). The average Bonchev–Trinajstić information content (AvgIpc) is 2.92. The van der Waals surface area contributed by atoms with Gasteiger partial charge in [0, 0.05) is 25.0 Å². The van der Waals surface area contributed by atoms with Crippen LogP contribution in [0, 0.1) is 0 Å². The van der Waals surface area contributed by atoms with Gasteiger partial charge in [-0.2, -0.15) is 15.0 Å². The third-order valence-corrected chi connectivity index (χ3v) is 3.98. The van der Waals surface area contributed by atoms with Crippen LogP contribution in [0.1, 0.15) is 18.7 Å². The van der Waals surface area contributed by atoms with E-state index in [9.17, 15) is 0 Å². The third-order valence-electron chi connectivity index (χ3n) is 2.95. The molecule has 0 amide bonds. The molecule has 0 aliphatic rings. The molecule has 2 heterocycles. The Bertz CT molecular complexity index is 542. The molecule has 0 saturated carbocycles. The fourth-order valence-corrected chi connectivity index (χ4v) is 2.76. The van der Waals surface area contributed by atoms with Gasteiger partial charge in [-0.15, -0.1) is 11.3 Å². The maximum absolute atomic E-state index is 6.02. The average molecular weight is 312 g/mol. The van der Waals surface area contributed by atoms with Crippen LogP contribution in [0.25, 0.3) is 0 Å². The quantitative estimate of drug-likeness (QED) is 0.820. The highest BCUT2D eigenvalue weighted by molar-refractivity contribution is 7.09. The van der Waals surface area contributed by atoms with E-state index in [1.54, 1.807) is 11.3 Å². The van der Waals surface area contributed by atoms with Gasteiger partial charge in [-0.25, -0.2) is 0 Å². The lowest BCUT2D eigenvalue weighted by Crippen LogP contribution is -2.26. The van der Waals surface area contributed by atoms with Crippen molar-refractivity contribution in [1.82, 2.24) is 15.0 Å². The molecule has 0 atom stereocenters. The number of rotatable bonds is 6. The predicted octanol–water partition coefficient (Wildman–Crippen LogP) is 3.07. The molecule has 0 aliphatic heterocycles. The molecule has 0 fully saturated rings. The summed E-state index contributed by atoms with van der Waals surface area (Å²) in [6.07, 6.45) is 0. The van der Waals surface area contributed by atoms with Gasteiger partial charge < -0.3 is 9.80 Å². The standard InChI is InChI=1S/C13H18ClN5S/c1-4-19(5-2)13-16-11(14)15-12(17-13)18(3)9-10-7-6-8-20-10/h6-8H,4-5,9H2,1-3H3. The molecule has 2 aromatic rings. The number of aromatic nitrogens is 3. The van der Waals surface area contributed by atoms with E-state index in [4.69, 9.17) is 11.6 Å². The lowest BCUT2D eigenvalue weighted by Gasteiger charge is -2.21. The summed E-state index contributed by atoms with van der Waals surface area (Å²) >= 11 is 7.73. The highest BCUT2D eigenvalue weighted by Crippen LogP contribution is 2.18. The Labute approximate surface area is 128 Å². The molecule has 2 aromatic heterocycles. The minimum absolute atomic E-state index is 0.231. The maximum Gasteiger partial charge on any atom is 0.231 e. The van der Waals surface area contributed by atoms with Gasteiger partial charge in [-0.3, -0.25) is 0 Å². The van der Waals surface area contributed by atoms with Crippen molar-refractivity contribution in [2.75, 3.05) is 29.9 Å². The van der Waals surface area contributed by atoms with Gasteiger partial charge >= 0.3 is 0 Å². The number of nitrogens with zero attached hydrogens (tertiary/aromatic N) is 5. The third kappa shape index (κ3) is 3.58. The molecule has 5 nitrogen and oxygen atoms in total. The van der Waals surface area contributed by atoms with E-state index >= 15 is 0 Å². The fraction of sp³-hybridized carbons (Fsp3) is 0.462. The Morgan fingerprint density at radius 3 is 2.45 bits per heavy atom. The summed E-state index contributed by atoms with van der Waals surface area (Å²) in [7, 11) is 1.96. The van der Waals surface area contributed by atoms with Crippen LogP contribution in [0.3, 0.4) is 0 Å². The minimum Gasteiger partial charge on any atom is -0.341 e. The van der Waals surface area contributed by atoms with E-state index in [0.717, 1.165) is 19.6 Å². The first-order valence-corrected chi connectivity index (χ1v) is 7.79. The van der Waals surface area contributed by atoms with Gasteiger partial charge in [0.05, 0.1) is 6.54 Å². The van der Waals surface area contributed by atoms with Crippen molar-refractivity contribution in [2.45, 2.75) is 20.4 Å². The van der Waals surface area contributed by atoms with E-state index in [1.165, 1.54) is 4.88 Å². The van der Waals surface area contributed by atoms with E-state index in [0.29, 0.717) is 11.9 Å². The van der Waals surface area contributed by atoms with Gasteiger partial charge in [-0.05, 0) is 36.9 Å². The van der Waals surface area contributed by atoms with Gasteiger partial charge in [-0.1, -0.05) is 6.07 Å². The zero-order valence-electron chi connectivity index (χ0n) is 11.9. The summed E-state index contributed by atoms with van der Waals surface area (Å²) in [5.41, 5.74) is 0. The highest BCUT2D eigenvalue weighted by Gasteiger charge is 2.13. The molecular formula is C13H18ClN5S. The summed E-state index contributed by atoms with van der Waals surface area (Å²) in [5.74, 6) is 1.23. The second-order valence-corrected chi connectivity index (χ2v) is 5.68. The first-order valence-electron chi connectivity index (χ1n) is 6.54. The maximum atomic E-state index is 6.02. The first-order chi connectivity index (χ1) is 9.63. The van der Waals surface area contributed by atoms with E-state index in [-0.39, 0.29) is 5.28 Å². The van der Waals surface area contributed by atoms with Crippen molar-refractivity contribution in [1.29, 1.82) is 0 Å². The molecular weight excluding hydrogens is 294 g/mol. The van der Waals surface area contributed by atoms with Gasteiger partial charge in [0.15, 0.2) is 0 Å². The van der Waals surface area contributed by atoms with Crippen molar-refractivity contribution in [3.05, 3.63) is 27.7 Å². The topological polar surface area (TPSA) is 45.2 Å². The smallest absolute Gasteiger partial charge is 0.231 e. The van der Waals surface area contributed by atoms with Crippen LogP contribution in [0.5, 0.6) is 0 Å². The molecule has 7 heteroatoms. The Balaban J connectivity index is 2.22. The normalized spacial score (nSPS) is 10.6. The van der Waals surface area contributed by atoms with E-state index in [1.807, 2.05) is 18.0 Å². The van der Waals surface area contributed by atoms with Gasteiger partial charge in [0.25, 0.3) is 0 Å². The monoisotopic (exact) mass is 311 g/mol. The van der Waals surface area contributed by atoms with Crippen LogP contribution in [0.2, 0.25) is 5.28 Å². The molecule has 0 bridgehead atoms. The Hall–Kier alpha value is -1.40. The zero-order valence-corrected chi connectivity index (χ0v) is 13.4. The number of hydrogen-bond donors (Lipinski definition) is 0. The number of hydrogen-bond acceptors (Lipinski definition) is 6. The lowest BCUT2D eigenvalue weighted by atomic mass is 10.4. The lowest BCUT2D eigenvalue weighted by molar-refractivity contribution is 0.793. The molecule has 0 saturated heterocycles. The first kappa shape index (κ1) is 15.0. The number of halogens is 1. The number of anilines is 2. The van der Waals surface area contributed by atoms with Crippen LogP contribution in [0.4, 0.5) is 11.9 Å². The van der Waals surface area contributed by atoms with E-state index < -0.39 is 0 Å². The van der Waals surface area contributed by atoms with Crippen molar-refractivity contribution >= 4 is 34.8 Å². The summed E-state index contributed by atoms with van der Waals surface area (Å²) in [6, 6.07) is 4.13. The molecule has 0 spiro atoms. The van der Waals surface area contributed by atoms with Crippen LogP contribution < -0.4 is 9.80 Å². The van der Waals surface area contributed by atoms with Crippen LogP contribution >= 0.6 is 22.9 Å². The van der Waals surface area contributed by atoms with Crippen molar-refractivity contribution in [2.24, 2.45) is 0 Å². The second kappa shape index (κ2) is 6.85. The SMILES string of the molecule is CCN(CC)c1nc(Cl)nc(N(C)Cc2cccs2)n1. The van der Waals surface area contributed by atoms with Crippen LogP contribution in [0.15, 0.2) is 17.5 Å². The van der Waals surface area contributed by atoms with Crippen LogP contribution in [-0.4, -0.2) is 35.1 Å². The summed E-state index contributed by atoms with van der Waals surface area (Å²) < 4.78 is 0. The Kier molecular flexibility index (Phi) is 5.14. The molecule has 0 aromatic carbocycles. The van der Waals surface area contributed by atoms with Gasteiger partial charge in [0.1, 0.15) is 0 Å². The van der Waals surface area contributed by atoms with E-state index in [2.05, 4.69) is 45.1 Å². The summed E-state index contributed by atoms with van der Waals surface area (Å²) in [4.78, 5) is 18.2. The van der Waals surface area contributed by atoms with Crippen LogP contribution in [-0.2, 0) is 6.54 Å².